The minimum absolute atomic E-state index is 0.347. The summed E-state index contributed by atoms with van der Waals surface area (Å²) < 4.78 is 0. The van der Waals surface area contributed by atoms with Gasteiger partial charge in [0.15, 0.2) is 5.78 Å². The van der Waals surface area contributed by atoms with E-state index < -0.39 is 30.1 Å². The highest BCUT2D eigenvalue weighted by Gasteiger charge is 2.35. The predicted octanol–water partition coefficient (Wildman–Crippen LogP) is 2.68. The molecule has 6 nitrogen and oxygen atoms in total. The number of benzene rings is 2. The lowest BCUT2D eigenvalue weighted by atomic mass is 9.89. The highest BCUT2D eigenvalue weighted by molar-refractivity contribution is 5.90. The maximum atomic E-state index is 12.6. The van der Waals surface area contributed by atoms with Crippen LogP contribution in [0.15, 0.2) is 54.6 Å². The van der Waals surface area contributed by atoms with Gasteiger partial charge in [-0.3, -0.25) is 4.79 Å². The van der Waals surface area contributed by atoms with Crippen LogP contribution < -0.4 is 5.32 Å². The zero-order valence-corrected chi connectivity index (χ0v) is 18.5. The second-order valence-corrected chi connectivity index (χ2v) is 8.66. The fourth-order valence-corrected chi connectivity index (χ4v) is 3.88. The molecule has 0 radical (unpaired) electrons. The molecule has 1 heterocycles. The Morgan fingerprint density at radius 2 is 1.59 bits per heavy atom. The molecule has 0 bridgehead atoms. The molecular weight excluding hydrogens is 404 g/mol. The Morgan fingerprint density at radius 3 is 2.12 bits per heavy atom. The van der Waals surface area contributed by atoms with E-state index in [1.54, 1.807) is 4.90 Å². The maximum absolute atomic E-state index is 12.6. The monoisotopic (exact) mass is 434 g/mol. The van der Waals surface area contributed by atoms with Crippen LogP contribution in [0.1, 0.15) is 49.3 Å². The van der Waals surface area contributed by atoms with Crippen LogP contribution in [0, 0.1) is 11.8 Å². The number of hydrogen-bond donors (Lipinski definition) is 3. The van der Waals surface area contributed by atoms with Gasteiger partial charge < -0.3 is 20.4 Å². The molecule has 0 aliphatic carbocycles. The molecule has 6 heteroatoms. The lowest BCUT2D eigenvalue weighted by Crippen LogP contribution is -2.58. The van der Waals surface area contributed by atoms with Gasteiger partial charge in [0, 0.05) is 24.2 Å². The first-order valence-electron chi connectivity index (χ1n) is 10.9. The number of carbonyl (C=O) groups excluding carboxylic acids is 2. The molecular formula is C26H30N2O4. The Labute approximate surface area is 189 Å². The van der Waals surface area contributed by atoms with Crippen LogP contribution in [-0.2, 0) is 4.79 Å². The van der Waals surface area contributed by atoms with Crippen LogP contribution in [0.25, 0.3) is 0 Å². The molecule has 168 valence electrons. The van der Waals surface area contributed by atoms with Crippen molar-refractivity contribution in [3.05, 3.63) is 71.3 Å². The zero-order chi connectivity index (χ0) is 23.1. The van der Waals surface area contributed by atoms with Gasteiger partial charge in [-0.2, -0.15) is 0 Å². The van der Waals surface area contributed by atoms with Gasteiger partial charge in [-0.1, -0.05) is 42.2 Å². The summed E-state index contributed by atoms with van der Waals surface area (Å²) in [6.07, 6.45) is 1.62. The third-order valence-electron chi connectivity index (χ3n) is 5.74. The molecule has 0 unspecified atom stereocenters. The Hall–Kier alpha value is -3.14. The van der Waals surface area contributed by atoms with E-state index in [0.29, 0.717) is 19.0 Å². The van der Waals surface area contributed by atoms with Crippen LogP contribution >= 0.6 is 0 Å². The van der Waals surface area contributed by atoms with Gasteiger partial charge in [0.25, 0.3) is 0 Å². The van der Waals surface area contributed by atoms with Gasteiger partial charge in [-0.05, 0) is 62.4 Å². The first-order chi connectivity index (χ1) is 15.3. The lowest BCUT2D eigenvalue weighted by Gasteiger charge is -2.35. The number of aliphatic hydroxyl groups excluding tert-OH is 1. The molecule has 1 saturated heterocycles. The number of piperidine rings is 1. The third kappa shape index (κ3) is 6.19. The van der Waals surface area contributed by atoms with Gasteiger partial charge in [0.2, 0.25) is 0 Å². The summed E-state index contributed by atoms with van der Waals surface area (Å²) in [6.45, 7) is 3.25. The minimum Gasteiger partial charge on any atom is -0.388 e. The molecule has 1 fully saturated rings. The van der Waals surface area contributed by atoms with E-state index >= 15 is 0 Å². The van der Waals surface area contributed by atoms with Gasteiger partial charge in [0.05, 0.1) is 5.60 Å². The highest BCUT2D eigenvalue weighted by Crippen LogP contribution is 2.28. The van der Waals surface area contributed by atoms with Crippen molar-refractivity contribution >= 4 is 11.8 Å². The number of nitrogens with zero attached hydrogens (tertiary/aromatic N) is 1. The van der Waals surface area contributed by atoms with Crippen molar-refractivity contribution in [2.45, 2.75) is 44.2 Å². The molecule has 0 spiro atoms. The van der Waals surface area contributed by atoms with Crippen LogP contribution in [0.2, 0.25) is 0 Å². The van der Waals surface area contributed by atoms with Gasteiger partial charge >= 0.3 is 6.03 Å². The number of rotatable bonds is 5. The number of Topliss-reactive ketones (excluding diaryl/α,β-unsaturated/α-hetero) is 1. The second-order valence-electron chi connectivity index (χ2n) is 8.66. The van der Waals surface area contributed by atoms with Crippen LogP contribution in [-0.4, -0.2) is 58.3 Å². The fraction of sp³-hybridized carbons (Fsp3) is 0.385. The molecule has 2 aromatic rings. The first kappa shape index (κ1) is 23.5. The van der Waals surface area contributed by atoms with E-state index in [2.05, 4.69) is 29.3 Å². The van der Waals surface area contributed by atoms with Crippen molar-refractivity contribution in [3.63, 3.8) is 0 Å². The third-order valence-corrected chi connectivity index (χ3v) is 5.74. The number of ketones is 1. The summed E-state index contributed by atoms with van der Waals surface area (Å²) in [5, 5.41) is 21.9. The number of aliphatic hydroxyl groups is 2. The van der Waals surface area contributed by atoms with Gasteiger partial charge in [-0.25, -0.2) is 4.79 Å². The summed E-state index contributed by atoms with van der Waals surface area (Å²) in [6, 6.07) is 16.6. The average Bonchev–Trinajstić information content (AvgIpc) is 2.81. The molecule has 0 saturated carbocycles. The standard InChI is InChI=1S/C26H30N2O4/c1-26(2,32)24(23(30)18-29)27-25(31)28-16-14-22(15-17-28)21-12-10-20(11-13-21)9-8-19-6-4-3-5-7-19/h3-7,10-13,22,24,29,32H,14-18H2,1-2H3,(H,27,31)/t24-/m0/s1. The SMILES string of the molecule is CC(C)(O)[C@@H](NC(=O)N1CCC(c2ccc(C#Cc3ccccc3)cc2)CC1)C(=O)CO. The van der Waals surface area contributed by atoms with Crippen molar-refractivity contribution in [1.82, 2.24) is 10.2 Å². The summed E-state index contributed by atoms with van der Waals surface area (Å²) in [4.78, 5) is 26.2. The molecule has 32 heavy (non-hydrogen) atoms. The van der Waals surface area contributed by atoms with Crippen molar-refractivity contribution in [2.24, 2.45) is 0 Å². The summed E-state index contributed by atoms with van der Waals surface area (Å²) in [5.41, 5.74) is 1.70. The smallest absolute Gasteiger partial charge is 0.318 e. The highest BCUT2D eigenvalue weighted by atomic mass is 16.3. The number of carbonyl (C=O) groups is 2. The normalized spacial score (nSPS) is 15.4. The largest absolute Gasteiger partial charge is 0.388 e. The molecule has 3 rings (SSSR count). The van der Waals surface area contributed by atoms with Crippen molar-refractivity contribution < 1.29 is 19.8 Å². The van der Waals surface area contributed by atoms with Crippen LogP contribution in [0.4, 0.5) is 4.79 Å². The van der Waals surface area contributed by atoms with E-state index in [9.17, 15) is 14.7 Å². The van der Waals surface area contributed by atoms with Gasteiger partial charge in [0.1, 0.15) is 12.6 Å². The topological polar surface area (TPSA) is 89.9 Å². The molecule has 1 atom stereocenters. The molecule has 0 aromatic heterocycles. The Kier molecular flexibility index (Phi) is 7.68. The Bertz CT molecular complexity index is 976. The number of amides is 2. The molecule has 2 aromatic carbocycles. The summed E-state index contributed by atoms with van der Waals surface area (Å²) in [7, 11) is 0. The molecule has 1 aliphatic rings. The van der Waals surface area contributed by atoms with E-state index in [1.165, 1.54) is 19.4 Å². The molecule has 2 amide bonds. The van der Waals surface area contributed by atoms with E-state index in [-0.39, 0.29) is 0 Å². The Morgan fingerprint density at radius 1 is 1.03 bits per heavy atom. The first-order valence-corrected chi connectivity index (χ1v) is 10.9. The van der Waals surface area contributed by atoms with Crippen molar-refractivity contribution in [3.8, 4) is 11.8 Å². The molecule has 3 N–H and O–H groups in total. The van der Waals surface area contributed by atoms with E-state index in [0.717, 1.165) is 24.0 Å². The number of hydrogen-bond acceptors (Lipinski definition) is 4. The van der Waals surface area contributed by atoms with E-state index in [4.69, 9.17) is 5.11 Å². The van der Waals surface area contributed by atoms with Crippen LogP contribution in [0.5, 0.6) is 0 Å². The van der Waals surface area contributed by atoms with Crippen molar-refractivity contribution in [1.29, 1.82) is 0 Å². The predicted molar refractivity (Wildman–Crippen MR) is 123 cm³/mol. The lowest BCUT2D eigenvalue weighted by molar-refractivity contribution is -0.129. The van der Waals surface area contributed by atoms with E-state index in [1.807, 2.05) is 42.5 Å². The number of likely N-dealkylation sites (tertiary alicyclic amines) is 1. The van der Waals surface area contributed by atoms with Crippen molar-refractivity contribution in [2.75, 3.05) is 19.7 Å². The quantitative estimate of drug-likeness (QED) is 0.631. The average molecular weight is 435 g/mol. The molecule has 1 aliphatic heterocycles. The Balaban J connectivity index is 1.55. The summed E-state index contributed by atoms with van der Waals surface area (Å²) in [5.74, 6) is 6.07. The summed E-state index contributed by atoms with van der Waals surface area (Å²) >= 11 is 0. The van der Waals surface area contributed by atoms with Gasteiger partial charge in [-0.15, -0.1) is 0 Å². The second kappa shape index (κ2) is 10.4. The minimum atomic E-state index is -1.46. The zero-order valence-electron chi connectivity index (χ0n) is 18.5. The number of nitrogens with one attached hydrogen (secondary N) is 1. The fourth-order valence-electron chi connectivity index (χ4n) is 3.88. The van der Waals surface area contributed by atoms with Crippen LogP contribution in [0.3, 0.4) is 0 Å². The number of urea groups is 1. The maximum Gasteiger partial charge on any atom is 0.318 e.